The van der Waals surface area contributed by atoms with Gasteiger partial charge in [0.25, 0.3) is 0 Å². The van der Waals surface area contributed by atoms with Crippen molar-refractivity contribution in [2.75, 3.05) is 13.1 Å². The number of aromatic nitrogens is 3. The first-order valence-electron chi connectivity index (χ1n) is 8.77. The lowest BCUT2D eigenvalue weighted by Gasteiger charge is -2.10. The summed E-state index contributed by atoms with van der Waals surface area (Å²) in [7, 11) is 0. The highest BCUT2D eigenvalue weighted by atomic mass is 127. The molecule has 0 atom stereocenters. The van der Waals surface area contributed by atoms with Crippen molar-refractivity contribution in [1.29, 1.82) is 0 Å². The van der Waals surface area contributed by atoms with E-state index in [4.69, 9.17) is 0 Å². The topological polar surface area (TPSA) is 67.1 Å². The molecule has 0 aliphatic heterocycles. The van der Waals surface area contributed by atoms with E-state index in [9.17, 15) is 0 Å². The van der Waals surface area contributed by atoms with Crippen LogP contribution in [0.5, 0.6) is 0 Å². The normalized spacial score (nSPS) is 11.1. The first-order valence-corrected chi connectivity index (χ1v) is 9.58. The highest BCUT2D eigenvalue weighted by molar-refractivity contribution is 14.0. The van der Waals surface area contributed by atoms with Crippen molar-refractivity contribution in [2.45, 2.75) is 26.8 Å². The molecule has 0 radical (unpaired) electrons. The molecular formula is C19H25IN6S. The predicted molar refractivity (Wildman–Crippen MR) is 122 cm³/mol. The molecule has 2 heterocycles. The Labute approximate surface area is 181 Å². The van der Waals surface area contributed by atoms with Gasteiger partial charge in [0.1, 0.15) is 5.01 Å². The van der Waals surface area contributed by atoms with Gasteiger partial charge in [0.2, 0.25) is 0 Å². The van der Waals surface area contributed by atoms with E-state index < -0.39 is 0 Å². The number of para-hydroxylation sites is 1. The van der Waals surface area contributed by atoms with E-state index in [1.807, 2.05) is 47.4 Å². The van der Waals surface area contributed by atoms with Crippen LogP contribution in [0.2, 0.25) is 0 Å². The summed E-state index contributed by atoms with van der Waals surface area (Å²) in [4.78, 5) is 10.2. The minimum Gasteiger partial charge on any atom is -0.357 e. The number of aliphatic imine (C=N–C) groups is 1. The SMILES string of the molecule is CCNC(=NCc1ncc(C)s1)NCCc1cnn(-c2ccccc2)c1.I. The summed E-state index contributed by atoms with van der Waals surface area (Å²) in [6.45, 7) is 6.34. The Morgan fingerprint density at radius 1 is 1.19 bits per heavy atom. The lowest BCUT2D eigenvalue weighted by Crippen LogP contribution is -2.38. The Balaban J connectivity index is 0.00000261. The zero-order valence-corrected chi connectivity index (χ0v) is 18.7. The van der Waals surface area contributed by atoms with Crippen LogP contribution in [-0.4, -0.2) is 33.8 Å². The second-order valence-electron chi connectivity index (χ2n) is 5.87. The second-order valence-corrected chi connectivity index (χ2v) is 7.18. The number of rotatable bonds is 7. The molecule has 0 aliphatic rings. The monoisotopic (exact) mass is 496 g/mol. The summed E-state index contributed by atoms with van der Waals surface area (Å²) >= 11 is 1.68. The van der Waals surface area contributed by atoms with Gasteiger partial charge in [0.15, 0.2) is 5.96 Å². The van der Waals surface area contributed by atoms with Crippen molar-refractivity contribution in [2.24, 2.45) is 4.99 Å². The lowest BCUT2D eigenvalue weighted by atomic mass is 10.2. The summed E-state index contributed by atoms with van der Waals surface area (Å²) in [5, 5.41) is 12.1. The van der Waals surface area contributed by atoms with Crippen LogP contribution < -0.4 is 10.6 Å². The van der Waals surface area contributed by atoms with Crippen LogP contribution in [0.1, 0.15) is 22.4 Å². The van der Waals surface area contributed by atoms with E-state index in [0.717, 1.165) is 36.2 Å². The fraction of sp³-hybridized carbons (Fsp3) is 0.316. The van der Waals surface area contributed by atoms with Gasteiger partial charge < -0.3 is 10.6 Å². The summed E-state index contributed by atoms with van der Waals surface area (Å²) in [6, 6.07) is 10.1. The Bertz CT molecular complexity index is 843. The summed E-state index contributed by atoms with van der Waals surface area (Å²) in [6.07, 6.45) is 6.75. The maximum absolute atomic E-state index is 4.60. The molecule has 0 fully saturated rings. The standard InChI is InChI=1S/C19H24N6S.HI/c1-3-20-19(23-13-18-22-11-15(2)26-18)21-10-9-16-12-24-25(14-16)17-7-5-4-6-8-17;/h4-8,11-12,14H,3,9-10,13H2,1-2H3,(H2,20,21,23);1H. The van der Waals surface area contributed by atoms with E-state index in [2.05, 4.69) is 45.8 Å². The van der Waals surface area contributed by atoms with Crippen LogP contribution in [0.4, 0.5) is 0 Å². The van der Waals surface area contributed by atoms with Crippen LogP contribution in [0, 0.1) is 6.92 Å². The molecule has 0 saturated heterocycles. The maximum Gasteiger partial charge on any atom is 0.191 e. The Hall–Kier alpha value is -1.94. The molecule has 0 unspecified atom stereocenters. The van der Waals surface area contributed by atoms with Gasteiger partial charge in [0.05, 0.1) is 18.4 Å². The number of nitrogens with zero attached hydrogens (tertiary/aromatic N) is 4. The van der Waals surface area contributed by atoms with Crippen molar-refractivity contribution in [3.63, 3.8) is 0 Å². The third-order valence-corrected chi connectivity index (χ3v) is 4.65. The van der Waals surface area contributed by atoms with Crippen molar-refractivity contribution in [1.82, 2.24) is 25.4 Å². The Kier molecular flexibility index (Phi) is 8.73. The summed E-state index contributed by atoms with van der Waals surface area (Å²) < 4.78 is 1.90. The van der Waals surface area contributed by atoms with Gasteiger partial charge in [0, 0.05) is 30.4 Å². The number of hydrogen-bond acceptors (Lipinski definition) is 4. The average Bonchev–Trinajstić information content (AvgIpc) is 3.29. The smallest absolute Gasteiger partial charge is 0.191 e. The van der Waals surface area contributed by atoms with Crippen molar-refractivity contribution < 1.29 is 0 Å². The molecule has 0 amide bonds. The van der Waals surface area contributed by atoms with E-state index in [0.29, 0.717) is 6.54 Å². The number of hydrogen-bond donors (Lipinski definition) is 2. The molecule has 6 nitrogen and oxygen atoms in total. The first-order chi connectivity index (χ1) is 12.7. The number of thiazole rings is 1. The second kappa shape index (κ2) is 11.0. The number of nitrogens with one attached hydrogen (secondary N) is 2. The van der Waals surface area contributed by atoms with E-state index in [1.54, 1.807) is 11.3 Å². The van der Waals surface area contributed by atoms with Gasteiger partial charge in [-0.1, -0.05) is 18.2 Å². The van der Waals surface area contributed by atoms with E-state index >= 15 is 0 Å². The average molecular weight is 496 g/mol. The lowest BCUT2D eigenvalue weighted by molar-refractivity contribution is 0.798. The molecular weight excluding hydrogens is 471 g/mol. The molecule has 0 saturated carbocycles. The maximum atomic E-state index is 4.60. The minimum atomic E-state index is 0. The van der Waals surface area contributed by atoms with Gasteiger partial charge >= 0.3 is 0 Å². The van der Waals surface area contributed by atoms with Crippen molar-refractivity contribution in [3.8, 4) is 5.69 Å². The molecule has 27 heavy (non-hydrogen) atoms. The molecule has 2 aromatic heterocycles. The highest BCUT2D eigenvalue weighted by Crippen LogP contribution is 2.11. The molecule has 3 rings (SSSR count). The van der Waals surface area contributed by atoms with Crippen LogP contribution in [-0.2, 0) is 13.0 Å². The molecule has 2 N–H and O–H groups in total. The minimum absolute atomic E-state index is 0. The molecule has 8 heteroatoms. The van der Waals surface area contributed by atoms with Gasteiger partial charge in [-0.2, -0.15) is 5.10 Å². The third kappa shape index (κ3) is 6.62. The Morgan fingerprint density at radius 2 is 2.00 bits per heavy atom. The predicted octanol–water partition coefficient (Wildman–Crippen LogP) is 3.55. The summed E-state index contributed by atoms with van der Waals surface area (Å²) in [5.41, 5.74) is 2.26. The molecule has 144 valence electrons. The zero-order valence-electron chi connectivity index (χ0n) is 15.6. The zero-order chi connectivity index (χ0) is 18.2. The van der Waals surface area contributed by atoms with Crippen molar-refractivity contribution in [3.05, 3.63) is 64.4 Å². The third-order valence-electron chi connectivity index (χ3n) is 3.75. The quantitative estimate of drug-likeness (QED) is 0.298. The van der Waals surface area contributed by atoms with Gasteiger partial charge in [-0.25, -0.2) is 14.7 Å². The molecule has 3 aromatic rings. The van der Waals surface area contributed by atoms with E-state index in [-0.39, 0.29) is 24.0 Å². The van der Waals surface area contributed by atoms with Gasteiger partial charge in [-0.3, -0.25) is 0 Å². The Morgan fingerprint density at radius 3 is 2.70 bits per heavy atom. The van der Waals surface area contributed by atoms with E-state index in [1.165, 1.54) is 10.4 Å². The number of guanidine groups is 1. The van der Waals surface area contributed by atoms with Crippen molar-refractivity contribution >= 4 is 41.3 Å². The van der Waals surface area contributed by atoms with Gasteiger partial charge in [-0.05, 0) is 38.0 Å². The largest absolute Gasteiger partial charge is 0.357 e. The van der Waals surface area contributed by atoms with Crippen LogP contribution in [0.3, 0.4) is 0 Å². The van der Waals surface area contributed by atoms with Crippen LogP contribution in [0.15, 0.2) is 53.9 Å². The fourth-order valence-electron chi connectivity index (χ4n) is 2.50. The number of aryl methyl sites for hydroxylation is 1. The van der Waals surface area contributed by atoms with Gasteiger partial charge in [-0.15, -0.1) is 35.3 Å². The molecule has 1 aromatic carbocycles. The summed E-state index contributed by atoms with van der Waals surface area (Å²) in [5.74, 6) is 0.816. The number of benzene rings is 1. The molecule has 0 bridgehead atoms. The first kappa shape index (κ1) is 21.4. The number of halogens is 1. The highest BCUT2D eigenvalue weighted by Gasteiger charge is 2.03. The molecule has 0 aliphatic carbocycles. The van der Waals surface area contributed by atoms with Crippen LogP contribution in [0.25, 0.3) is 5.69 Å². The van der Waals surface area contributed by atoms with Crippen LogP contribution >= 0.6 is 35.3 Å². The fourth-order valence-corrected chi connectivity index (χ4v) is 3.21. The molecule has 0 spiro atoms.